The Balaban J connectivity index is 1.75. The molecule has 1 aromatic heterocycles. The van der Waals surface area contributed by atoms with Gasteiger partial charge in [0.1, 0.15) is 5.60 Å². The maximum absolute atomic E-state index is 13.1. The summed E-state index contributed by atoms with van der Waals surface area (Å²) in [5, 5.41) is 37.7. The molecule has 3 aromatic rings. The number of likely N-dealkylation sites (N-methyl/N-ethyl adjacent to an activating group) is 1. The van der Waals surface area contributed by atoms with Gasteiger partial charge in [0.15, 0.2) is 5.82 Å². The van der Waals surface area contributed by atoms with Crippen molar-refractivity contribution in [2.24, 2.45) is 10.9 Å². The van der Waals surface area contributed by atoms with Crippen molar-refractivity contribution in [1.82, 2.24) is 9.78 Å². The summed E-state index contributed by atoms with van der Waals surface area (Å²) in [6, 6.07) is 18.0. The van der Waals surface area contributed by atoms with Gasteiger partial charge in [-0.2, -0.15) is 15.2 Å². The lowest BCUT2D eigenvalue weighted by atomic mass is 9.76. The van der Waals surface area contributed by atoms with E-state index in [1.807, 2.05) is 48.3 Å². The van der Waals surface area contributed by atoms with Gasteiger partial charge in [0.25, 0.3) is 0 Å². The highest BCUT2D eigenvalue weighted by Gasteiger charge is 2.34. The van der Waals surface area contributed by atoms with Gasteiger partial charge in [-0.05, 0) is 70.0 Å². The van der Waals surface area contributed by atoms with E-state index < -0.39 is 23.5 Å². The molecule has 0 radical (unpaired) electrons. The van der Waals surface area contributed by atoms with Crippen molar-refractivity contribution < 1.29 is 14.6 Å². The first kappa shape index (κ1) is 29.3. The van der Waals surface area contributed by atoms with Crippen LogP contribution in [0, 0.1) is 28.6 Å². The number of carbonyl (C=O) groups excluding carboxylic acids is 1. The maximum atomic E-state index is 13.1. The van der Waals surface area contributed by atoms with E-state index in [0.29, 0.717) is 46.8 Å². The molecule has 0 spiro atoms. The third kappa shape index (κ3) is 6.24. The largest absolute Gasteiger partial charge is 0.442 e. The van der Waals surface area contributed by atoms with E-state index in [4.69, 9.17) is 4.74 Å². The summed E-state index contributed by atoms with van der Waals surface area (Å²) >= 11 is 0. The summed E-state index contributed by atoms with van der Waals surface area (Å²) in [4.78, 5) is 19.5. The molecule has 10 nitrogen and oxygen atoms in total. The summed E-state index contributed by atoms with van der Waals surface area (Å²) in [6.07, 6.45) is -0.608. The smallest absolute Gasteiger partial charge is 0.435 e. The first-order chi connectivity index (χ1) is 19.5. The van der Waals surface area contributed by atoms with Gasteiger partial charge in [0, 0.05) is 42.8 Å². The minimum atomic E-state index is -0.711. The van der Waals surface area contributed by atoms with Gasteiger partial charge in [-0.3, -0.25) is 4.99 Å². The van der Waals surface area contributed by atoms with Crippen LogP contribution in [0.2, 0.25) is 0 Å². The lowest BCUT2D eigenvalue weighted by molar-refractivity contribution is 0.0523. The fourth-order valence-electron chi connectivity index (χ4n) is 4.94. The molecule has 0 saturated carbocycles. The Morgan fingerprint density at radius 3 is 2.49 bits per heavy atom. The molecular weight excluding hydrogens is 518 g/mol. The average Bonchev–Trinajstić information content (AvgIpc) is 3.29. The monoisotopic (exact) mass is 553 g/mol. The van der Waals surface area contributed by atoms with E-state index in [1.54, 1.807) is 40.7 Å². The number of nitriles is 2. The highest BCUT2D eigenvalue weighted by molar-refractivity contribution is 5.97. The zero-order valence-electron chi connectivity index (χ0n) is 24.3. The van der Waals surface area contributed by atoms with Gasteiger partial charge in [0.2, 0.25) is 0 Å². The number of anilines is 2. The average molecular weight is 554 g/mol. The molecule has 2 heterocycles. The zero-order chi connectivity index (χ0) is 29.9. The van der Waals surface area contributed by atoms with Crippen molar-refractivity contribution in [3.63, 3.8) is 0 Å². The second kappa shape index (κ2) is 11.8. The van der Waals surface area contributed by atoms with E-state index >= 15 is 0 Å². The number of allylic oxidation sites excluding steroid dienone is 2. The fraction of sp³-hybridized carbons (Fsp3) is 0.387. The number of fused-ring (bicyclic) bond motifs is 1. The van der Waals surface area contributed by atoms with E-state index in [9.17, 15) is 20.4 Å². The molecular formula is C31H35N7O3. The Morgan fingerprint density at radius 1 is 1.17 bits per heavy atom. The van der Waals surface area contributed by atoms with Gasteiger partial charge in [-0.15, -0.1) is 5.10 Å². The van der Waals surface area contributed by atoms with Crippen molar-refractivity contribution in [2.75, 3.05) is 30.4 Å². The van der Waals surface area contributed by atoms with Gasteiger partial charge < -0.3 is 20.1 Å². The molecule has 1 aliphatic rings. The number of rotatable bonds is 7. The number of aliphatic imine (C=N–C) groups is 1. The first-order valence-electron chi connectivity index (χ1n) is 13.4. The van der Waals surface area contributed by atoms with Crippen LogP contribution in [0.3, 0.4) is 0 Å². The molecule has 0 aliphatic carbocycles. The Bertz CT molecular complexity index is 1600. The van der Waals surface area contributed by atoms with E-state index in [0.717, 1.165) is 16.8 Å². The highest BCUT2D eigenvalue weighted by atomic mass is 16.6. The number of hydrogen-bond donors (Lipinski definition) is 2. The number of benzene rings is 2. The summed E-state index contributed by atoms with van der Waals surface area (Å²) in [7, 11) is 1.92. The van der Waals surface area contributed by atoms with E-state index in [1.165, 1.54) is 4.68 Å². The highest BCUT2D eigenvalue weighted by Crippen LogP contribution is 2.40. The molecule has 0 bridgehead atoms. The van der Waals surface area contributed by atoms with E-state index in [-0.39, 0.29) is 6.61 Å². The summed E-state index contributed by atoms with van der Waals surface area (Å²) in [5.74, 6) is -0.609. The standard InChI is InChI=1S/C31H35N7O3/c1-19-25(16-32)28(26(17-33)20(2)35-19)22-9-12-27-24(15-22)29(36-38(27)30(40)41-31(3,4)5)34-18-21-7-10-23(11-8-21)37(6)13-14-39/h7-12,15,25,28,39H,13-14,18H2,1-6H3,(H,34,36). The third-order valence-corrected chi connectivity index (χ3v) is 6.99. The van der Waals surface area contributed by atoms with Crippen LogP contribution >= 0.6 is 0 Å². The molecule has 1 aliphatic heterocycles. The molecule has 0 fully saturated rings. The SMILES string of the molecule is CC1=NC(C)=C(C#N)C(c2ccc3c(c2)c(NCc2ccc(N(C)CCO)cc2)nn3C(=O)OC(C)(C)C)C1C#N. The van der Waals surface area contributed by atoms with Crippen LogP contribution < -0.4 is 10.2 Å². The lowest BCUT2D eigenvalue weighted by Gasteiger charge is -2.26. The molecule has 41 heavy (non-hydrogen) atoms. The third-order valence-electron chi connectivity index (χ3n) is 6.99. The molecule has 212 valence electrons. The Labute approximate surface area is 240 Å². The zero-order valence-corrected chi connectivity index (χ0v) is 24.3. The molecule has 2 aromatic carbocycles. The molecule has 0 amide bonds. The minimum Gasteiger partial charge on any atom is -0.442 e. The van der Waals surface area contributed by atoms with E-state index in [2.05, 4.69) is 27.5 Å². The molecule has 2 unspecified atom stereocenters. The van der Waals surface area contributed by atoms with Crippen LogP contribution in [-0.2, 0) is 11.3 Å². The van der Waals surface area contributed by atoms with Gasteiger partial charge in [-0.25, -0.2) is 4.79 Å². The topological polar surface area (TPSA) is 140 Å². The second-order valence-electron chi connectivity index (χ2n) is 11.1. The van der Waals surface area contributed by atoms with Crippen LogP contribution in [0.15, 0.2) is 58.7 Å². The normalized spacial score (nSPS) is 17.0. The van der Waals surface area contributed by atoms with Crippen molar-refractivity contribution in [3.05, 3.63) is 64.9 Å². The number of aromatic nitrogens is 2. The first-order valence-corrected chi connectivity index (χ1v) is 13.4. The summed E-state index contributed by atoms with van der Waals surface area (Å²) in [5.41, 5.74) is 4.27. The van der Waals surface area contributed by atoms with Crippen molar-refractivity contribution in [2.45, 2.75) is 52.7 Å². The van der Waals surface area contributed by atoms with Gasteiger partial charge in [0.05, 0.1) is 41.5 Å². The molecule has 0 saturated heterocycles. The van der Waals surface area contributed by atoms with Crippen LogP contribution in [0.5, 0.6) is 0 Å². The quantitative estimate of drug-likeness (QED) is 0.399. The maximum Gasteiger partial charge on any atom is 0.435 e. The van der Waals surface area contributed by atoms with Gasteiger partial charge >= 0.3 is 6.09 Å². The Kier molecular flexibility index (Phi) is 8.46. The molecule has 2 N–H and O–H groups in total. The fourth-order valence-corrected chi connectivity index (χ4v) is 4.94. The number of aliphatic hydroxyl groups excluding tert-OH is 1. The predicted octanol–water partition coefficient (Wildman–Crippen LogP) is 5.36. The minimum absolute atomic E-state index is 0.0722. The molecule has 2 atom stereocenters. The Morgan fingerprint density at radius 2 is 1.88 bits per heavy atom. The van der Waals surface area contributed by atoms with Crippen molar-refractivity contribution in [1.29, 1.82) is 10.5 Å². The number of carbonyl (C=O) groups is 1. The number of hydrogen-bond acceptors (Lipinski definition) is 9. The number of aliphatic hydroxyl groups is 1. The predicted molar refractivity (Wildman–Crippen MR) is 159 cm³/mol. The van der Waals surface area contributed by atoms with Crippen LogP contribution in [-0.4, -0.2) is 52.5 Å². The number of nitrogens with one attached hydrogen (secondary N) is 1. The summed E-state index contributed by atoms with van der Waals surface area (Å²) < 4.78 is 6.85. The number of nitrogens with zero attached hydrogens (tertiary/aromatic N) is 6. The number of ether oxygens (including phenoxy) is 1. The van der Waals surface area contributed by atoms with Crippen LogP contribution in [0.1, 0.15) is 51.7 Å². The van der Waals surface area contributed by atoms with Crippen molar-refractivity contribution >= 4 is 34.2 Å². The van der Waals surface area contributed by atoms with Crippen LogP contribution in [0.25, 0.3) is 10.9 Å². The Hall–Kier alpha value is -4.67. The lowest BCUT2D eigenvalue weighted by Crippen LogP contribution is -2.27. The molecule has 4 rings (SSSR count). The second-order valence-corrected chi connectivity index (χ2v) is 11.1. The molecule has 10 heteroatoms. The summed E-state index contributed by atoms with van der Waals surface area (Å²) in [6.45, 7) is 10.0. The van der Waals surface area contributed by atoms with Gasteiger partial charge in [-0.1, -0.05) is 18.2 Å². The van der Waals surface area contributed by atoms with Crippen molar-refractivity contribution in [3.8, 4) is 12.1 Å². The van der Waals surface area contributed by atoms with Crippen LogP contribution in [0.4, 0.5) is 16.3 Å².